The van der Waals surface area contributed by atoms with Crippen molar-refractivity contribution in [1.29, 1.82) is 0 Å². The van der Waals surface area contributed by atoms with E-state index in [4.69, 9.17) is 14.2 Å². The molecule has 0 aliphatic heterocycles. The predicted octanol–water partition coefficient (Wildman–Crippen LogP) is 10.6. The van der Waals surface area contributed by atoms with Crippen LogP contribution in [0, 0.1) is 30.6 Å². The number of aryl methyl sites for hydroxylation is 2. The van der Waals surface area contributed by atoms with Crippen molar-refractivity contribution in [3.05, 3.63) is 18.2 Å². The fraction of sp³-hybridized carbons (Fsp3) is 0.854. The monoisotopic (exact) mass is 691 g/mol. The molecule has 0 saturated heterocycles. The highest BCUT2D eigenvalue weighted by atomic mass is 16.5. The van der Waals surface area contributed by atoms with Gasteiger partial charge < -0.3 is 18.8 Å². The average molecular weight is 691 g/mol. The molecule has 1 aromatic heterocycles. The molecule has 2 unspecified atom stereocenters. The molecule has 0 bridgehead atoms. The zero-order valence-electron chi connectivity index (χ0n) is 32.6. The van der Waals surface area contributed by atoms with Crippen molar-refractivity contribution in [2.45, 2.75) is 190 Å². The van der Waals surface area contributed by atoms with Crippen LogP contribution in [0.25, 0.3) is 0 Å². The van der Waals surface area contributed by atoms with Crippen molar-refractivity contribution in [3.63, 3.8) is 0 Å². The first-order valence-corrected chi connectivity index (χ1v) is 19.9. The number of aromatic nitrogens is 2. The minimum atomic E-state index is -0.126. The van der Waals surface area contributed by atoms with Gasteiger partial charge in [0.25, 0.3) is 0 Å². The highest BCUT2D eigenvalue weighted by Crippen LogP contribution is 2.19. The molecule has 1 heterocycles. The van der Waals surface area contributed by atoms with Crippen LogP contribution in [0.5, 0.6) is 0 Å². The zero-order valence-corrected chi connectivity index (χ0v) is 32.6. The minimum absolute atomic E-state index is 0.0764. The number of hydrogen-bond acceptors (Lipinski definition) is 7. The fourth-order valence-electron chi connectivity index (χ4n) is 6.21. The van der Waals surface area contributed by atoms with E-state index in [0.29, 0.717) is 56.1 Å². The second-order valence-corrected chi connectivity index (χ2v) is 15.5. The van der Waals surface area contributed by atoms with Crippen LogP contribution < -0.4 is 0 Å². The summed E-state index contributed by atoms with van der Waals surface area (Å²) in [6, 6.07) is 0. The summed E-state index contributed by atoms with van der Waals surface area (Å²) >= 11 is 0. The van der Waals surface area contributed by atoms with Crippen LogP contribution in [0.15, 0.2) is 12.4 Å². The van der Waals surface area contributed by atoms with E-state index in [9.17, 15) is 14.4 Å². The van der Waals surface area contributed by atoms with Crippen molar-refractivity contribution < 1.29 is 28.6 Å². The van der Waals surface area contributed by atoms with Gasteiger partial charge in [0, 0.05) is 38.2 Å². The summed E-state index contributed by atoms with van der Waals surface area (Å²) in [5.74, 6) is 2.85. The molecule has 284 valence electrons. The van der Waals surface area contributed by atoms with Gasteiger partial charge in [-0.2, -0.15) is 0 Å². The summed E-state index contributed by atoms with van der Waals surface area (Å²) in [7, 11) is 0. The second kappa shape index (κ2) is 28.3. The summed E-state index contributed by atoms with van der Waals surface area (Å²) in [6.07, 6.45) is 22.2. The Morgan fingerprint density at radius 2 is 1.10 bits per heavy atom. The van der Waals surface area contributed by atoms with Crippen molar-refractivity contribution in [2.75, 3.05) is 13.2 Å². The molecule has 8 nitrogen and oxygen atoms in total. The molecule has 1 rings (SSSR count). The average Bonchev–Trinajstić information content (AvgIpc) is 3.43. The maximum absolute atomic E-state index is 12.7. The van der Waals surface area contributed by atoms with Gasteiger partial charge in [-0.05, 0) is 75.5 Å². The van der Waals surface area contributed by atoms with Crippen LogP contribution in [0.2, 0.25) is 0 Å². The van der Waals surface area contributed by atoms with Crippen LogP contribution in [-0.4, -0.2) is 46.8 Å². The summed E-state index contributed by atoms with van der Waals surface area (Å²) in [4.78, 5) is 41.4. The lowest BCUT2D eigenvalue weighted by Gasteiger charge is -2.18. The number of ether oxygens (including phenoxy) is 3. The van der Waals surface area contributed by atoms with E-state index in [1.54, 1.807) is 6.20 Å². The van der Waals surface area contributed by atoms with E-state index in [1.165, 1.54) is 25.7 Å². The lowest BCUT2D eigenvalue weighted by Crippen LogP contribution is -2.19. The maximum Gasteiger partial charge on any atom is 0.306 e. The smallest absolute Gasteiger partial charge is 0.306 e. The van der Waals surface area contributed by atoms with E-state index in [2.05, 4.69) is 51.1 Å². The summed E-state index contributed by atoms with van der Waals surface area (Å²) in [5, 5.41) is 0. The molecule has 0 saturated carbocycles. The van der Waals surface area contributed by atoms with E-state index < -0.39 is 0 Å². The lowest BCUT2D eigenvalue weighted by atomic mass is 9.97. The molecule has 0 aliphatic carbocycles. The Kier molecular flexibility index (Phi) is 25.8. The van der Waals surface area contributed by atoms with Crippen LogP contribution in [0.1, 0.15) is 176 Å². The van der Waals surface area contributed by atoms with Crippen molar-refractivity contribution >= 4 is 17.9 Å². The Morgan fingerprint density at radius 1 is 0.612 bits per heavy atom. The third kappa shape index (κ3) is 26.1. The van der Waals surface area contributed by atoms with E-state index >= 15 is 0 Å². The molecule has 1 aromatic rings. The number of rotatable bonds is 31. The van der Waals surface area contributed by atoms with Gasteiger partial charge in [0.05, 0.1) is 13.2 Å². The van der Waals surface area contributed by atoms with Crippen LogP contribution >= 0.6 is 0 Å². The van der Waals surface area contributed by atoms with Crippen LogP contribution in [0.4, 0.5) is 0 Å². The molecular weight excluding hydrogens is 616 g/mol. The van der Waals surface area contributed by atoms with E-state index in [1.807, 2.05) is 13.1 Å². The molecule has 2 atom stereocenters. The zero-order chi connectivity index (χ0) is 36.3. The summed E-state index contributed by atoms with van der Waals surface area (Å²) in [5.41, 5.74) is 0. The third-order valence-electron chi connectivity index (χ3n) is 9.36. The topological polar surface area (TPSA) is 96.7 Å². The number of esters is 3. The number of carbonyl (C=O) groups excluding carboxylic acids is 3. The Morgan fingerprint density at radius 3 is 1.55 bits per heavy atom. The van der Waals surface area contributed by atoms with Gasteiger partial charge in [-0.1, -0.05) is 106 Å². The molecule has 0 radical (unpaired) electrons. The molecule has 0 fully saturated rings. The predicted molar refractivity (Wildman–Crippen MR) is 199 cm³/mol. The van der Waals surface area contributed by atoms with Crippen molar-refractivity contribution in [2.24, 2.45) is 23.7 Å². The van der Waals surface area contributed by atoms with Crippen molar-refractivity contribution in [3.8, 4) is 0 Å². The van der Waals surface area contributed by atoms with Gasteiger partial charge in [-0.25, -0.2) is 4.98 Å². The van der Waals surface area contributed by atoms with Gasteiger partial charge in [0.15, 0.2) is 0 Å². The summed E-state index contributed by atoms with van der Waals surface area (Å²) < 4.78 is 19.0. The first kappa shape index (κ1) is 44.6. The summed E-state index contributed by atoms with van der Waals surface area (Å²) in [6.45, 7) is 16.9. The van der Waals surface area contributed by atoms with Crippen LogP contribution in [-0.2, 0) is 35.1 Å². The van der Waals surface area contributed by atoms with E-state index in [0.717, 1.165) is 95.8 Å². The normalized spacial score (nSPS) is 13.4. The molecule has 8 heteroatoms. The lowest BCUT2D eigenvalue weighted by molar-refractivity contribution is -0.150. The van der Waals surface area contributed by atoms with Gasteiger partial charge in [-0.3, -0.25) is 14.4 Å². The molecular formula is C41H74N2O6. The molecule has 0 spiro atoms. The largest absolute Gasteiger partial charge is 0.466 e. The Labute approximate surface area is 300 Å². The van der Waals surface area contributed by atoms with Gasteiger partial charge >= 0.3 is 17.9 Å². The van der Waals surface area contributed by atoms with Gasteiger partial charge in [-0.15, -0.1) is 0 Å². The molecule has 0 amide bonds. The molecule has 0 N–H and O–H groups in total. The van der Waals surface area contributed by atoms with Crippen molar-refractivity contribution in [1.82, 2.24) is 9.55 Å². The number of hydrogen-bond donors (Lipinski definition) is 0. The second-order valence-electron chi connectivity index (χ2n) is 15.5. The first-order valence-electron chi connectivity index (χ1n) is 19.9. The maximum atomic E-state index is 12.7. The Balaban J connectivity index is 2.30. The quantitative estimate of drug-likeness (QED) is 0.0434. The number of unbranched alkanes of at least 4 members (excludes halogenated alkanes) is 6. The third-order valence-corrected chi connectivity index (χ3v) is 9.36. The Bertz CT molecular complexity index is 942. The van der Waals surface area contributed by atoms with Crippen LogP contribution in [0.3, 0.4) is 0 Å². The number of imidazole rings is 1. The SMILES string of the molecule is Cc1nccn1CCCC(=O)OC(CCCCCCOC(=O)CC(C)CCCC(C)C)CCCCCCOC(=O)CC(C)CCCC(C)C. The van der Waals surface area contributed by atoms with E-state index in [-0.39, 0.29) is 24.0 Å². The van der Waals surface area contributed by atoms with Gasteiger partial charge in [0.1, 0.15) is 11.9 Å². The number of carbonyl (C=O) groups is 3. The molecule has 0 aliphatic rings. The first-order chi connectivity index (χ1) is 23.5. The molecule has 0 aromatic carbocycles. The highest BCUT2D eigenvalue weighted by molar-refractivity contribution is 5.70. The number of nitrogens with zero attached hydrogens (tertiary/aromatic N) is 2. The Hall–Kier alpha value is -2.38. The molecule has 49 heavy (non-hydrogen) atoms. The van der Waals surface area contributed by atoms with Gasteiger partial charge in [0.2, 0.25) is 0 Å². The fourth-order valence-corrected chi connectivity index (χ4v) is 6.21. The standard InChI is InChI=1S/C41H74N2O6/c1-33(2)19-16-21-35(5)31-40(45)47-29-14-10-8-12-23-38(49-39(44)25-18-27-43-28-26-42-37(43)7)24-13-9-11-15-30-48-41(46)32-36(6)22-17-20-34(3)4/h26,28,33-36,38H,8-25,27,29-32H2,1-7H3. The minimum Gasteiger partial charge on any atom is -0.466 e. The highest BCUT2D eigenvalue weighted by Gasteiger charge is 2.16.